The van der Waals surface area contributed by atoms with Crippen molar-refractivity contribution in [3.8, 4) is 5.75 Å². The zero-order chi connectivity index (χ0) is 18.6. The highest BCUT2D eigenvalue weighted by molar-refractivity contribution is 5.97. The van der Waals surface area contributed by atoms with Gasteiger partial charge in [0.15, 0.2) is 5.78 Å². The van der Waals surface area contributed by atoms with Gasteiger partial charge in [-0.25, -0.2) is 4.79 Å². The Morgan fingerprint density at radius 1 is 1.08 bits per heavy atom. The zero-order valence-electron chi connectivity index (χ0n) is 14.2. The van der Waals surface area contributed by atoms with E-state index >= 15 is 0 Å². The number of phenolic OH excluding ortho intramolecular Hbond substituents is 1. The highest BCUT2D eigenvalue weighted by atomic mass is 16.5. The van der Waals surface area contributed by atoms with Crippen LogP contribution in [0.5, 0.6) is 5.75 Å². The van der Waals surface area contributed by atoms with Gasteiger partial charge in [0, 0.05) is 6.42 Å². The number of rotatable bonds is 0. The van der Waals surface area contributed by atoms with Gasteiger partial charge in [-0.1, -0.05) is 24.3 Å². The van der Waals surface area contributed by atoms with Crippen LogP contribution in [0.3, 0.4) is 0 Å². The predicted octanol–water partition coefficient (Wildman–Crippen LogP) is 1.90. The van der Waals surface area contributed by atoms with Crippen LogP contribution in [0, 0.1) is 6.92 Å². The summed E-state index contributed by atoms with van der Waals surface area (Å²) in [6, 6.07) is 3.18. The Balaban J connectivity index is 2.43. The van der Waals surface area contributed by atoms with Crippen LogP contribution in [-0.4, -0.2) is 45.4 Å². The molecule has 1 aliphatic rings. The van der Waals surface area contributed by atoms with Gasteiger partial charge in [0.05, 0.1) is 6.10 Å². The fourth-order valence-electron chi connectivity index (χ4n) is 2.57. The largest absolute Gasteiger partial charge is 0.507 e. The highest BCUT2D eigenvalue weighted by Crippen LogP contribution is 2.26. The van der Waals surface area contributed by atoms with Crippen molar-refractivity contribution < 1.29 is 29.6 Å². The topological polar surface area (TPSA) is 104 Å². The first-order valence-electron chi connectivity index (χ1n) is 8.07. The average Bonchev–Trinajstić information content (AvgIpc) is 2.52. The highest BCUT2D eigenvalue weighted by Gasteiger charge is 2.23. The smallest absolute Gasteiger partial charge is 0.342 e. The standard InChI is InChI=1S/C19H22O6/c1-11-9-13-6-4-8-15(21)18(23)14(20)7-3-5-12(2)25-19(24)17(13)16(22)10-11/h3-4,6-7,9-10,12,15,18,21-23H,5,8H2,1-2H3/b6-4+,7-3-/t12-,15-,18-/m1/s1. The van der Waals surface area contributed by atoms with E-state index in [2.05, 4.69) is 0 Å². The maximum Gasteiger partial charge on any atom is 0.342 e. The van der Waals surface area contributed by atoms with E-state index in [-0.39, 0.29) is 24.2 Å². The monoisotopic (exact) mass is 346 g/mol. The molecule has 0 spiro atoms. The summed E-state index contributed by atoms with van der Waals surface area (Å²) >= 11 is 0. The van der Waals surface area contributed by atoms with E-state index in [0.29, 0.717) is 5.56 Å². The Kier molecular flexibility index (Phi) is 6.12. The van der Waals surface area contributed by atoms with Gasteiger partial charge < -0.3 is 20.1 Å². The third kappa shape index (κ3) is 4.78. The molecule has 3 atom stereocenters. The van der Waals surface area contributed by atoms with Crippen molar-refractivity contribution in [2.75, 3.05) is 0 Å². The molecule has 0 amide bonds. The molecule has 6 heteroatoms. The number of benzene rings is 1. The summed E-state index contributed by atoms with van der Waals surface area (Å²) in [7, 11) is 0. The molecule has 1 heterocycles. The minimum atomic E-state index is -1.52. The lowest BCUT2D eigenvalue weighted by Crippen LogP contribution is -2.32. The second kappa shape index (κ2) is 8.09. The van der Waals surface area contributed by atoms with Gasteiger partial charge in [0.1, 0.15) is 23.5 Å². The molecule has 0 radical (unpaired) electrons. The second-order valence-electron chi connectivity index (χ2n) is 6.15. The Labute approximate surface area is 146 Å². The summed E-state index contributed by atoms with van der Waals surface area (Å²) < 4.78 is 5.32. The summed E-state index contributed by atoms with van der Waals surface area (Å²) in [5.74, 6) is -1.46. The van der Waals surface area contributed by atoms with Gasteiger partial charge in [0.25, 0.3) is 0 Å². The van der Waals surface area contributed by atoms with Crippen molar-refractivity contribution in [1.29, 1.82) is 0 Å². The number of aryl methyl sites for hydroxylation is 1. The minimum absolute atomic E-state index is 0.0142. The first-order valence-corrected chi connectivity index (χ1v) is 8.07. The number of phenols is 1. The van der Waals surface area contributed by atoms with Gasteiger partial charge in [-0.2, -0.15) is 0 Å². The van der Waals surface area contributed by atoms with E-state index in [1.165, 1.54) is 24.3 Å². The average molecular weight is 346 g/mol. The molecule has 1 aliphatic heterocycles. The second-order valence-corrected chi connectivity index (χ2v) is 6.15. The first kappa shape index (κ1) is 18.9. The molecule has 25 heavy (non-hydrogen) atoms. The van der Waals surface area contributed by atoms with Crippen molar-refractivity contribution in [2.45, 2.75) is 45.0 Å². The van der Waals surface area contributed by atoms with Gasteiger partial charge in [-0.3, -0.25) is 4.79 Å². The van der Waals surface area contributed by atoms with Gasteiger partial charge >= 0.3 is 5.97 Å². The van der Waals surface area contributed by atoms with E-state index in [1.807, 2.05) is 0 Å². The van der Waals surface area contributed by atoms with Crippen molar-refractivity contribution in [1.82, 2.24) is 0 Å². The maximum atomic E-state index is 12.4. The van der Waals surface area contributed by atoms with Gasteiger partial charge in [0.2, 0.25) is 0 Å². The number of aliphatic hydroxyl groups excluding tert-OH is 2. The fraction of sp³-hybridized carbons (Fsp3) is 0.368. The molecule has 6 nitrogen and oxygen atoms in total. The molecular weight excluding hydrogens is 324 g/mol. The Bertz CT molecular complexity index is 719. The molecular formula is C19H22O6. The van der Waals surface area contributed by atoms with Crippen LogP contribution < -0.4 is 0 Å². The fourth-order valence-corrected chi connectivity index (χ4v) is 2.57. The van der Waals surface area contributed by atoms with Crippen LogP contribution in [0.2, 0.25) is 0 Å². The molecule has 0 aromatic heterocycles. The third-order valence-corrected chi connectivity index (χ3v) is 3.89. The van der Waals surface area contributed by atoms with E-state index < -0.39 is 30.1 Å². The molecule has 0 bridgehead atoms. The van der Waals surface area contributed by atoms with Crippen LogP contribution >= 0.6 is 0 Å². The van der Waals surface area contributed by atoms with Crippen LogP contribution in [0.25, 0.3) is 6.08 Å². The van der Waals surface area contributed by atoms with Gasteiger partial charge in [-0.15, -0.1) is 0 Å². The Hall–Kier alpha value is -2.44. The quantitative estimate of drug-likeness (QED) is 0.620. The number of aromatic hydroxyl groups is 1. The normalized spacial score (nSPS) is 27.8. The zero-order valence-corrected chi connectivity index (χ0v) is 14.2. The van der Waals surface area contributed by atoms with Crippen molar-refractivity contribution in [3.05, 3.63) is 47.1 Å². The first-order chi connectivity index (χ1) is 11.8. The van der Waals surface area contributed by atoms with Crippen LogP contribution in [-0.2, 0) is 9.53 Å². The SMILES string of the molecule is Cc1cc(O)c2c(c1)/C=C/C[C@@H](O)[C@H](O)C(=O)/C=C\C[C@@H](C)OC2=O. The van der Waals surface area contributed by atoms with E-state index in [0.717, 1.165) is 5.56 Å². The van der Waals surface area contributed by atoms with E-state index in [4.69, 9.17) is 4.74 Å². The van der Waals surface area contributed by atoms with Crippen LogP contribution in [0.1, 0.15) is 41.3 Å². The summed E-state index contributed by atoms with van der Waals surface area (Å²) in [5, 5.41) is 29.9. The van der Waals surface area contributed by atoms with Crippen molar-refractivity contribution in [2.24, 2.45) is 0 Å². The van der Waals surface area contributed by atoms with Crippen LogP contribution in [0.4, 0.5) is 0 Å². The lowest BCUT2D eigenvalue weighted by molar-refractivity contribution is -0.127. The summed E-state index contributed by atoms with van der Waals surface area (Å²) in [4.78, 5) is 24.2. The van der Waals surface area contributed by atoms with E-state index in [1.54, 1.807) is 26.0 Å². The number of ketones is 1. The molecule has 2 rings (SSSR count). The molecule has 0 fully saturated rings. The summed E-state index contributed by atoms with van der Waals surface area (Å²) in [6.45, 7) is 3.43. The summed E-state index contributed by atoms with van der Waals surface area (Å²) in [5.41, 5.74) is 1.23. The van der Waals surface area contributed by atoms with Gasteiger partial charge in [-0.05, 0) is 43.5 Å². The molecule has 0 unspecified atom stereocenters. The number of hydrogen-bond donors (Lipinski definition) is 3. The number of ether oxygens (including phenoxy) is 1. The molecule has 0 aliphatic carbocycles. The molecule has 3 N–H and O–H groups in total. The number of esters is 1. The van der Waals surface area contributed by atoms with Crippen molar-refractivity contribution >= 4 is 17.8 Å². The number of aliphatic hydroxyl groups is 2. The molecule has 0 saturated carbocycles. The number of fused-ring (bicyclic) bond motifs is 1. The maximum absolute atomic E-state index is 12.4. The third-order valence-electron chi connectivity index (χ3n) is 3.89. The molecule has 134 valence electrons. The molecule has 1 aromatic carbocycles. The Morgan fingerprint density at radius 2 is 1.76 bits per heavy atom. The number of hydrogen-bond acceptors (Lipinski definition) is 6. The number of cyclic esters (lactones) is 1. The van der Waals surface area contributed by atoms with E-state index in [9.17, 15) is 24.9 Å². The lowest BCUT2D eigenvalue weighted by atomic mass is 10.0. The minimum Gasteiger partial charge on any atom is -0.507 e. The number of carbonyl (C=O) groups is 2. The van der Waals surface area contributed by atoms with Crippen molar-refractivity contribution in [3.63, 3.8) is 0 Å². The predicted molar refractivity (Wildman–Crippen MR) is 92.1 cm³/mol. The molecule has 1 aromatic rings. The number of carbonyl (C=O) groups excluding carboxylic acids is 2. The van der Waals surface area contributed by atoms with Crippen LogP contribution in [0.15, 0.2) is 30.4 Å². The molecule has 0 saturated heterocycles. The Morgan fingerprint density at radius 3 is 2.48 bits per heavy atom. The summed E-state index contributed by atoms with van der Waals surface area (Å²) in [6.07, 6.45) is 2.70. The lowest BCUT2D eigenvalue weighted by Gasteiger charge is -2.16.